The van der Waals surface area contributed by atoms with E-state index in [1.54, 1.807) is 11.3 Å². The molecule has 0 aliphatic heterocycles. The van der Waals surface area contributed by atoms with E-state index < -0.39 is 5.97 Å². The topological polar surface area (TPSA) is 66.4 Å². The fourth-order valence-corrected chi connectivity index (χ4v) is 6.40. The lowest BCUT2D eigenvalue weighted by Crippen LogP contribution is -2.26. The van der Waals surface area contributed by atoms with Crippen molar-refractivity contribution in [2.24, 2.45) is 0 Å². The average molecular weight is 555 g/mol. The van der Waals surface area contributed by atoms with Gasteiger partial charge in [-0.15, -0.1) is 11.3 Å². The van der Waals surface area contributed by atoms with Crippen molar-refractivity contribution < 1.29 is 14.7 Å². The van der Waals surface area contributed by atoms with Crippen molar-refractivity contribution in [1.82, 2.24) is 5.32 Å². The smallest absolute Gasteiger partial charge is 0.305 e. The molecule has 1 aromatic heterocycles. The van der Waals surface area contributed by atoms with Crippen LogP contribution < -0.4 is 5.32 Å². The highest BCUT2D eigenvalue weighted by molar-refractivity contribution is 7.17. The van der Waals surface area contributed by atoms with Crippen LogP contribution in [-0.4, -0.2) is 23.5 Å². The molecule has 0 saturated heterocycles. The summed E-state index contributed by atoms with van der Waals surface area (Å²) in [6.45, 7) is 4.37. The van der Waals surface area contributed by atoms with Crippen LogP contribution in [0.3, 0.4) is 0 Å². The number of rotatable bonds is 10. The predicted molar refractivity (Wildman–Crippen MR) is 154 cm³/mol. The van der Waals surface area contributed by atoms with E-state index in [4.69, 9.17) is 28.3 Å². The Morgan fingerprint density at radius 1 is 0.973 bits per heavy atom. The number of nitrogens with one attached hydrogen (secondary N) is 1. The molecule has 0 spiro atoms. The highest BCUT2D eigenvalue weighted by Crippen LogP contribution is 2.46. The van der Waals surface area contributed by atoms with Gasteiger partial charge < -0.3 is 10.4 Å². The van der Waals surface area contributed by atoms with Crippen LogP contribution in [0.25, 0.3) is 10.1 Å². The van der Waals surface area contributed by atoms with E-state index in [0.717, 1.165) is 23.4 Å². The van der Waals surface area contributed by atoms with Crippen LogP contribution in [0.15, 0.2) is 66.0 Å². The molecule has 2 atom stereocenters. The van der Waals surface area contributed by atoms with Crippen LogP contribution in [0, 0.1) is 6.92 Å². The molecule has 4 nitrogen and oxygen atoms in total. The number of carbonyl (C=O) groups is 2. The number of halogens is 2. The summed E-state index contributed by atoms with van der Waals surface area (Å²) in [4.78, 5) is 23.2. The van der Waals surface area contributed by atoms with Gasteiger partial charge in [0.05, 0.1) is 6.42 Å². The zero-order valence-corrected chi connectivity index (χ0v) is 23.1. The Hall–Kier alpha value is -2.86. The number of benzene rings is 3. The van der Waals surface area contributed by atoms with Crippen molar-refractivity contribution in [3.63, 3.8) is 0 Å². The zero-order valence-electron chi connectivity index (χ0n) is 20.8. The summed E-state index contributed by atoms with van der Waals surface area (Å²) in [5, 5.41) is 16.3. The molecule has 3 aromatic carbocycles. The van der Waals surface area contributed by atoms with Crippen molar-refractivity contribution >= 4 is 56.5 Å². The number of amides is 1. The standard InChI is InChI=1S/C30H29Cl2NO3S/c1-3-4-24(19-5-7-21(8-6-19)30(36)33-14-13-27(34)35)28(20-9-11-22(31)12-10-20)26-17-37-29-18(2)15-23(32)16-25(26)29/h5-12,15-17,24,28H,3-4,13-14H2,1-2H3,(H,33,36)(H,34,35). The van der Waals surface area contributed by atoms with Crippen LogP contribution in [0.2, 0.25) is 10.0 Å². The minimum atomic E-state index is -0.941. The normalized spacial score (nSPS) is 12.9. The molecule has 2 unspecified atom stereocenters. The van der Waals surface area contributed by atoms with Gasteiger partial charge in [0.25, 0.3) is 5.91 Å². The summed E-state index contributed by atoms with van der Waals surface area (Å²) in [5.41, 5.74) is 5.23. The van der Waals surface area contributed by atoms with E-state index in [9.17, 15) is 9.59 Å². The summed E-state index contributed by atoms with van der Waals surface area (Å²) >= 11 is 14.5. The Morgan fingerprint density at radius 2 is 1.65 bits per heavy atom. The second-order valence-corrected chi connectivity index (χ2v) is 11.0. The maximum absolute atomic E-state index is 12.5. The summed E-state index contributed by atoms with van der Waals surface area (Å²) in [6, 6.07) is 19.8. The SMILES string of the molecule is CCCC(c1ccc(C(=O)NCCC(=O)O)cc1)C(c1ccc(Cl)cc1)c1csc2c(C)cc(Cl)cc12. The number of fused-ring (bicyclic) bond motifs is 1. The highest BCUT2D eigenvalue weighted by Gasteiger charge is 2.29. The first kappa shape index (κ1) is 27.2. The number of hydrogen-bond donors (Lipinski definition) is 2. The molecule has 4 aromatic rings. The summed E-state index contributed by atoms with van der Waals surface area (Å²) in [6.07, 6.45) is 1.84. The molecule has 2 N–H and O–H groups in total. The lowest BCUT2D eigenvalue weighted by atomic mass is 9.75. The van der Waals surface area contributed by atoms with E-state index in [-0.39, 0.29) is 30.7 Å². The Kier molecular flexibility index (Phi) is 8.91. The lowest BCUT2D eigenvalue weighted by Gasteiger charge is -2.29. The number of aliphatic carboxylic acids is 1. The van der Waals surface area contributed by atoms with E-state index in [1.165, 1.54) is 26.8 Å². The lowest BCUT2D eigenvalue weighted by molar-refractivity contribution is -0.136. The van der Waals surface area contributed by atoms with Crippen LogP contribution in [0.5, 0.6) is 0 Å². The quantitative estimate of drug-likeness (QED) is 0.207. The Balaban J connectivity index is 1.76. The molecule has 0 radical (unpaired) electrons. The minimum Gasteiger partial charge on any atom is -0.481 e. The van der Waals surface area contributed by atoms with E-state index in [1.807, 2.05) is 42.5 Å². The van der Waals surface area contributed by atoms with Crippen molar-refractivity contribution in [1.29, 1.82) is 0 Å². The highest BCUT2D eigenvalue weighted by atomic mass is 35.5. The Labute approximate surface area is 231 Å². The number of hydrogen-bond acceptors (Lipinski definition) is 3. The number of carbonyl (C=O) groups excluding carboxylic acids is 1. The van der Waals surface area contributed by atoms with Crippen LogP contribution in [0.4, 0.5) is 0 Å². The largest absolute Gasteiger partial charge is 0.481 e. The van der Waals surface area contributed by atoms with Gasteiger partial charge in [0.15, 0.2) is 0 Å². The molecular weight excluding hydrogens is 525 g/mol. The number of thiophene rings is 1. The fourth-order valence-electron chi connectivity index (χ4n) is 4.93. The molecule has 37 heavy (non-hydrogen) atoms. The maximum Gasteiger partial charge on any atom is 0.305 e. The molecule has 0 aliphatic carbocycles. The second kappa shape index (κ2) is 12.1. The third-order valence-electron chi connectivity index (χ3n) is 6.65. The average Bonchev–Trinajstić information content (AvgIpc) is 3.28. The first-order valence-electron chi connectivity index (χ1n) is 12.3. The van der Waals surface area contributed by atoms with Gasteiger partial charge in [-0.3, -0.25) is 9.59 Å². The molecule has 4 rings (SSSR count). The van der Waals surface area contributed by atoms with Crippen LogP contribution in [-0.2, 0) is 4.79 Å². The van der Waals surface area contributed by atoms with Gasteiger partial charge in [0.1, 0.15) is 0 Å². The summed E-state index contributed by atoms with van der Waals surface area (Å²) < 4.78 is 1.24. The van der Waals surface area contributed by atoms with Gasteiger partial charge in [0.2, 0.25) is 0 Å². The first-order chi connectivity index (χ1) is 17.8. The fraction of sp³-hybridized carbons (Fsp3) is 0.267. The monoisotopic (exact) mass is 553 g/mol. The minimum absolute atomic E-state index is 0.0686. The Bertz CT molecular complexity index is 1400. The van der Waals surface area contributed by atoms with Crippen molar-refractivity contribution in [2.75, 3.05) is 6.54 Å². The van der Waals surface area contributed by atoms with Gasteiger partial charge >= 0.3 is 5.97 Å². The summed E-state index contributed by atoms with van der Waals surface area (Å²) in [7, 11) is 0. The molecule has 1 amide bonds. The number of carboxylic acid groups (broad SMARTS) is 1. The molecule has 0 saturated carbocycles. The molecule has 192 valence electrons. The first-order valence-corrected chi connectivity index (χ1v) is 13.9. The van der Waals surface area contributed by atoms with Gasteiger partial charge in [-0.05, 0) is 88.7 Å². The number of aryl methyl sites for hydroxylation is 1. The third-order valence-corrected chi connectivity index (χ3v) is 8.27. The van der Waals surface area contributed by atoms with E-state index >= 15 is 0 Å². The van der Waals surface area contributed by atoms with Crippen molar-refractivity contribution in [3.8, 4) is 0 Å². The van der Waals surface area contributed by atoms with Crippen molar-refractivity contribution in [3.05, 3.63) is 104 Å². The number of carboxylic acids is 1. The van der Waals surface area contributed by atoms with Gasteiger partial charge in [-0.2, -0.15) is 0 Å². The van der Waals surface area contributed by atoms with E-state index in [2.05, 4.69) is 42.7 Å². The molecule has 1 heterocycles. The van der Waals surface area contributed by atoms with Gasteiger partial charge in [-0.25, -0.2) is 0 Å². The zero-order chi connectivity index (χ0) is 26.5. The second-order valence-electron chi connectivity index (χ2n) is 9.24. The summed E-state index contributed by atoms with van der Waals surface area (Å²) in [5.74, 6) is -0.988. The molecule has 0 bridgehead atoms. The van der Waals surface area contributed by atoms with Crippen molar-refractivity contribution in [2.45, 2.75) is 44.9 Å². The van der Waals surface area contributed by atoms with Gasteiger partial charge in [0, 0.05) is 32.8 Å². The maximum atomic E-state index is 12.5. The van der Waals surface area contributed by atoms with Crippen LogP contribution >= 0.6 is 34.5 Å². The van der Waals surface area contributed by atoms with E-state index in [0.29, 0.717) is 10.6 Å². The molecule has 0 fully saturated rings. The predicted octanol–water partition coefficient (Wildman–Crippen LogP) is 8.44. The third kappa shape index (κ3) is 6.35. The molecule has 0 aliphatic rings. The molecule has 7 heteroatoms. The van der Waals surface area contributed by atoms with Gasteiger partial charge in [-0.1, -0.05) is 60.8 Å². The molecular formula is C30H29Cl2NO3S. The van der Waals surface area contributed by atoms with Crippen LogP contribution in [0.1, 0.15) is 70.6 Å². The Morgan fingerprint density at radius 3 is 2.30 bits per heavy atom.